The summed E-state index contributed by atoms with van der Waals surface area (Å²) in [5.41, 5.74) is 2.47. The lowest BCUT2D eigenvalue weighted by Gasteiger charge is -2.15. The summed E-state index contributed by atoms with van der Waals surface area (Å²) < 4.78 is 5.20. The minimum atomic E-state index is -0.463. The van der Waals surface area contributed by atoms with Crippen molar-refractivity contribution in [2.75, 3.05) is 0 Å². The zero-order valence-electron chi connectivity index (χ0n) is 23.6. The molecular weight excluding hydrogens is 557 g/mol. The lowest BCUT2D eigenvalue weighted by atomic mass is 9.91. The average molecular weight is 589 g/mol. The van der Waals surface area contributed by atoms with E-state index >= 15 is 0 Å². The number of halogens is 3. The van der Waals surface area contributed by atoms with E-state index in [1.54, 1.807) is 16.6 Å². The van der Waals surface area contributed by atoms with E-state index in [1.165, 1.54) is 4.68 Å². The van der Waals surface area contributed by atoms with Crippen LogP contribution in [0.25, 0.3) is 16.2 Å². The third-order valence-electron chi connectivity index (χ3n) is 6.00. The van der Waals surface area contributed by atoms with E-state index in [2.05, 4.69) is 44.6 Å². The maximum Gasteiger partial charge on any atom is 0.255 e. The topological polar surface area (TPSA) is 82.0 Å². The highest BCUT2D eigenvalue weighted by molar-refractivity contribution is 6.40. The van der Waals surface area contributed by atoms with Gasteiger partial charge in [0.15, 0.2) is 17.2 Å². The molecule has 0 bridgehead atoms. The maximum atomic E-state index is 8.02. The Kier molecular flexibility index (Phi) is 7.63. The summed E-state index contributed by atoms with van der Waals surface area (Å²) in [5, 5.41) is 24.7. The minimum Gasteiger partial charge on any atom is -0.244 e. The molecule has 0 aliphatic heterocycles. The number of aryl methyl sites for hydroxylation is 1. The van der Waals surface area contributed by atoms with Crippen molar-refractivity contribution in [3.8, 4) is 5.69 Å². The SMILES string of the molecule is [C-]#[N+]c1c(C(C)(C)C)nn(-c2c(Cl)cc(Cl)cc2Cl)c1N=Nc1c(C(C)(C)C)nn2c(C)nn(CC(C)C)c12. The van der Waals surface area contributed by atoms with Crippen molar-refractivity contribution in [3.05, 3.63) is 55.8 Å². The quantitative estimate of drug-likeness (QED) is 0.172. The molecule has 12 heteroatoms. The molecule has 0 atom stereocenters. The largest absolute Gasteiger partial charge is 0.255 e. The number of azo groups is 1. The summed E-state index contributed by atoms with van der Waals surface area (Å²) in [5.74, 6) is 1.32. The molecule has 0 unspecified atom stereocenters. The molecule has 0 N–H and O–H groups in total. The van der Waals surface area contributed by atoms with Gasteiger partial charge in [-0.05, 0) is 30.4 Å². The minimum absolute atomic E-state index is 0.215. The van der Waals surface area contributed by atoms with Crippen LogP contribution in [0.15, 0.2) is 22.4 Å². The van der Waals surface area contributed by atoms with Crippen LogP contribution < -0.4 is 0 Å². The van der Waals surface area contributed by atoms with Crippen molar-refractivity contribution >= 4 is 57.6 Å². The molecule has 206 valence electrons. The van der Waals surface area contributed by atoms with Crippen LogP contribution >= 0.6 is 34.8 Å². The predicted octanol–water partition coefficient (Wildman–Crippen LogP) is 9.20. The smallest absolute Gasteiger partial charge is 0.244 e. The first-order valence-corrected chi connectivity index (χ1v) is 13.7. The third kappa shape index (κ3) is 5.43. The van der Waals surface area contributed by atoms with Crippen LogP contribution in [-0.4, -0.2) is 29.2 Å². The van der Waals surface area contributed by atoms with Gasteiger partial charge in [-0.3, -0.25) is 0 Å². The van der Waals surface area contributed by atoms with Gasteiger partial charge in [0, 0.05) is 17.0 Å². The van der Waals surface area contributed by atoms with Crippen LogP contribution in [0.2, 0.25) is 15.1 Å². The molecule has 3 heterocycles. The second-order valence-corrected chi connectivity index (χ2v) is 13.3. The number of nitrogens with zero attached hydrogens (tertiary/aromatic N) is 9. The van der Waals surface area contributed by atoms with Gasteiger partial charge in [0.05, 0.1) is 28.0 Å². The Hall–Kier alpha value is -2.93. The van der Waals surface area contributed by atoms with Gasteiger partial charge in [-0.1, -0.05) is 90.2 Å². The molecule has 1 aromatic carbocycles. The summed E-state index contributed by atoms with van der Waals surface area (Å²) in [4.78, 5) is 3.82. The van der Waals surface area contributed by atoms with Crippen LogP contribution in [0.5, 0.6) is 0 Å². The van der Waals surface area contributed by atoms with Gasteiger partial charge in [-0.2, -0.15) is 19.8 Å². The van der Waals surface area contributed by atoms with E-state index in [0.717, 1.165) is 17.2 Å². The third-order valence-corrected chi connectivity index (χ3v) is 6.79. The zero-order chi connectivity index (χ0) is 29.0. The Morgan fingerprint density at radius 1 is 0.923 bits per heavy atom. The van der Waals surface area contributed by atoms with Crippen LogP contribution in [0, 0.1) is 19.4 Å². The number of fused-ring (bicyclic) bond motifs is 1. The highest BCUT2D eigenvalue weighted by atomic mass is 35.5. The van der Waals surface area contributed by atoms with Crippen molar-refractivity contribution in [1.82, 2.24) is 29.2 Å². The summed E-state index contributed by atoms with van der Waals surface area (Å²) >= 11 is 19.4. The predicted molar refractivity (Wildman–Crippen MR) is 157 cm³/mol. The van der Waals surface area contributed by atoms with Crippen molar-refractivity contribution in [3.63, 3.8) is 0 Å². The van der Waals surface area contributed by atoms with E-state index in [4.69, 9.17) is 61.8 Å². The number of hydrogen-bond acceptors (Lipinski definition) is 5. The van der Waals surface area contributed by atoms with Crippen LogP contribution in [0.4, 0.5) is 17.2 Å². The molecule has 0 aliphatic carbocycles. The fourth-order valence-corrected chi connectivity index (χ4v) is 5.26. The highest BCUT2D eigenvalue weighted by Crippen LogP contribution is 2.45. The molecule has 0 spiro atoms. The van der Waals surface area contributed by atoms with E-state index < -0.39 is 5.41 Å². The van der Waals surface area contributed by atoms with Gasteiger partial charge < -0.3 is 0 Å². The summed E-state index contributed by atoms with van der Waals surface area (Å²) in [7, 11) is 0. The summed E-state index contributed by atoms with van der Waals surface area (Å²) in [6.45, 7) is 27.0. The van der Waals surface area contributed by atoms with Crippen molar-refractivity contribution in [2.45, 2.75) is 79.7 Å². The Balaban J connectivity index is 2.05. The first kappa shape index (κ1) is 29.1. The number of aromatic nitrogens is 6. The van der Waals surface area contributed by atoms with E-state index in [-0.39, 0.29) is 27.0 Å². The first-order valence-electron chi connectivity index (χ1n) is 12.6. The van der Waals surface area contributed by atoms with Gasteiger partial charge in [-0.15, -0.1) is 10.2 Å². The van der Waals surface area contributed by atoms with Crippen molar-refractivity contribution in [2.24, 2.45) is 16.1 Å². The summed E-state index contributed by atoms with van der Waals surface area (Å²) in [6, 6.07) is 3.15. The maximum absolute atomic E-state index is 8.02. The number of benzene rings is 1. The Bertz CT molecular complexity index is 1610. The van der Waals surface area contributed by atoms with Crippen molar-refractivity contribution in [1.29, 1.82) is 0 Å². The molecule has 0 saturated carbocycles. The molecule has 4 aromatic rings. The second-order valence-electron chi connectivity index (χ2n) is 12.0. The number of rotatable bonds is 5. The zero-order valence-corrected chi connectivity index (χ0v) is 25.9. The average Bonchev–Trinajstić information content (AvgIpc) is 3.43. The lowest BCUT2D eigenvalue weighted by molar-refractivity contribution is 0.492. The molecule has 0 fully saturated rings. The normalized spacial score (nSPS) is 12.8. The first-order chi connectivity index (χ1) is 18.0. The Morgan fingerprint density at radius 2 is 1.51 bits per heavy atom. The van der Waals surface area contributed by atoms with Gasteiger partial charge in [0.25, 0.3) is 5.69 Å². The highest BCUT2D eigenvalue weighted by Gasteiger charge is 2.31. The van der Waals surface area contributed by atoms with Gasteiger partial charge >= 0.3 is 0 Å². The molecule has 0 aliphatic rings. The second kappa shape index (κ2) is 10.2. The molecule has 3 aromatic heterocycles. The fraction of sp³-hybridized carbons (Fsp3) is 0.481. The van der Waals surface area contributed by atoms with Gasteiger partial charge in [-0.25, -0.2) is 14.2 Å². The fourth-order valence-electron chi connectivity index (χ4n) is 4.28. The Labute approximate surface area is 243 Å². The molecule has 0 saturated heterocycles. The van der Waals surface area contributed by atoms with Crippen LogP contribution in [0.3, 0.4) is 0 Å². The van der Waals surface area contributed by atoms with Gasteiger partial charge in [0.2, 0.25) is 0 Å². The van der Waals surface area contributed by atoms with Gasteiger partial charge in [0.1, 0.15) is 11.5 Å². The summed E-state index contributed by atoms with van der Waals surface area (Å²) in [6.07, 6.45) is 0. The van der Waals surface area contributed by atoms with Crippen molar-refractivity contribution < 1.29 is 0 Å². The van der Waals surface area contributed by atoms with Crippen LogP contribution in [0.1, 0.15) is 72.6 Å². The molecule has 9 nitrogen and oxygen atoms in total. The van der Waals surface area contributed by atoms with E-state index in [9.17, 15) is 0 Å². The monoisotopic (exact) mass is 587 g/mol. The molecular formula is C27H32Cl3N9. The molecule has 0 radical (unpaired) electrons. The van der Waals surface area contributed by atoms with E-state index in [1.807, 2.05) is 32.4 Å². The standard InChI is InChI=1S/C27H32Cl3N9/c1-14(2)13-37-25-20(23(27(7,8)9)35-38(25)15(3)34-37)32-33-24-19(31-10)22(26(4,5)6)36-39(24)21-17(29)11-16(28)12-18(21)30/h11-12,14H,13H2,1-9H3. The number of hydrogen-bond donors (Lipinski definition) is 0. The van der Waals surface area contributed by atoms with E-state index in [0.29, 0.717) is 34.6 Å². The molecule has 0 amide bonds. The molecule has 4 rings (SSSR count). The molecule has 39 heavy (non-hydrogen) atoms. The van der Waals surface area contributed by atoms with Crippen LogP contribution in [-0.2, 0) is 17.4 Å². The Morgan fingerprint density at radius 3 is 2.03 bits per heavy atom. The lowest BCUT2D eigenvalue weighted by Crippen LogP contribution is -2.13.